The topological polar surface area (TPSA) is 135 Å². The van der Waals surface area contributed by atoms with Gasteiger partial charge in [-0.3, -0.25) is 9.36 Å². The van der Waals surface area contributed by atoms with Crippen molar-refractivity contribution >= 4 is 61.5 Å². The average Bonchev–Trinajstić information content (AvgIpc) is 3.25. The monoisotopic (exact) mass is 576 g/mol. The molecule has 37 heavy (non-hydrogen) atoms. The highest BCUT2D eigenvalue weighted by atomic mass is 35.5. The van der Waals surface area contributed by atoms with Crippen molar-refractivity contribution in [2.24, 2.45) is 0 Å². The van der Waals surface area contributed by atoms with Gasteiger partial charge in [0.25, 0.3) is 15.6 Å². The Labute approximate surface area is 214 Å². The molecule has 0 fully saturated rings. The molecule has 17 heteroatoms. The van der Waals surface area contributed by atoms with Crippen molar-refractivity contribution in [3.05, 3.63) is 68.8 Å². The van der Waals surface area contributed by atoms with Crippen LogP contribution in [0.5, 0.6) is 0 Å². The molecule has 0 bridgehead atoms. The third-order valence-corrected chi connectivity index (χ3v) is 7.84. The van der Waals surface area contributed by atoms with E-state index in [4.69, 9.17) is 11.6 Å². The molecule has 3 N–H and O–H groups in total. The average molecular weight is 577 g/mol. The first-order chi connectivity index (χ1) is 17.3. The number of pyridine rings is 1. The molecule has 0 spiro atoms. The van der Waals surface area contributed by atoms with Crippen molar-refractivity contribution in [2.45, 2.75) is 10.4 Å². The van der Waals surface area contributed by atoms with Crippen LogP contribution in [0.3, 0.4) is 0 Å². The van der Waals surface area contributed by atoms with Crippen molar-refractivity contribution in [2.75, 3.05) is 17.7 Å². The number of alkyl halides is 3. The highest BCUT2D eigenvalue weighted by Gasteiger charge is 2.37. The van der Waals surface area contributed by atoms with E-state index < -0.39 is 50.5 Å². The summed E-state index contributed by atoms with van der Waals surface area (Å²) < 4.78 is 83.0. The molecule has 0 aliphatic carbocycles. The number of sulfonamides is 1. The Morgan fingerprint density at radius 3 is 2.51 bits per heavy atom. The number of urea groups is 1. The number of amides is 2. The van der Waals surface area contributed by atoms with Crippen LogP contribution in [0.15, 0.2) is 51.7 Å². The van der Waals surface area contributed by atoms with Crippen LogP contribution in [-0.2, 0) is 16.2 Å². The van der Waals surface area contributed by atoms with Gasteiger partial charge in [-0.1, -0.05) is 11.6 Å². The minimum atomic E-state index is -5.19. The number of anilines is 2. The molecule has 0 saturated carbocycles. The van der Waals surface area contributed by atoms with Crippen molar-refractivity contribution in [3.63, 3.8) is 0 Å². The van der Waals surface area contributed by atoms with E-state index >= 15 is 4.39 Å². The Hall–Kier alpha value is -3.76. The molecule has 0 aliphatic heterocycles. The summed E-state index contributed by atoms with van der Waals surface area (Å²) in [5.74, 6) is -1.20. The maximum absolute atomic E-state index is 15.1. The number of aromatic nitrogens is 3. The Bertz CT molecular complexity index is 1710. The molecular formula is C20H13ClF4N6O4S2. The van der Waals surface area contributed by atoms with Crippen LogP contribution in [0.1, 0.15) is 5.56 Å². The number of carbonyl (C=O) groups is 1. The molecule has 3 heterocycles. The second kappa shape index (κ2) is 9.60. The van der Waals surface area contributed by atoms with Crippen LogP contribution in [0.4, 0.5) is 33.9 Å². The molecule has 2 amide bonds. The lowest BCUT2D eigenvalue weighted by atomic mass is 10.1. The first-order valence-electron chi connectivity index (χ1n) is 9.86. The molecule has 1 aromatic carbocycles. The molecule has 3 aromatic heterocycles. The van der Waals surface area contributed by atoms with Gasteiger partial charge in [0.2, 0.25) is 0 Å². The lowest BCUT2D eigenvalue weighted by Gasteiger charge is -2.17. The number of nitrogens with one attached hydrogen (secondary N) is 3. The van der Waals surface area contributed by atoms with E-state index in [1.165, 1.54) is 18.2 Å². The van der Waals surface area contributed by atoms with Gasteiger partial charge in [0.1, 0.15) is 22.2 Å². The predicted octanol–water partition coefficient (Wildman–Crippen LogP) is 4.21. The van der Waals surface area contributed by atoms with E-state index in [0.29, 0.717) is 40.2 Å². The fraction of sp³-hybridized carbons (Fsp3) is 0.100. The number of hydrogen-bond acceptors (Lipinski definition) is 8. The number of rotatable bonds is 5. The van der Waals surface area contributed by atoms with Crippen LogP contribution in [0, 0.1) is 5.82 Å². The lowest BCUT2D eigenvalue weighted by Crippen LogP contribution is -2.34. The van der Waals surface area contributed by atoms with Gasteiger partial charge in [-0.25, -0.2) is 32.3 Å². The number of carbonyl (C=O) groups excluding carboxylic acids is 1. The number of nitrogens with zero attached hydrogens (tertiary/aromatic N) is 3. The summed E-state index contributed by atoms with van der Waals surface area (Å²) in [5.41, 5.74) is -4.63. The highest BCUT2D eigenvalue weighted by Crippen LogP contribution is 2.37. The largest absolute Gasteiger partial charge is 0.418 e. The molecule has 194 valence electrons. The van der Waals surface area contributed by atoms with Gasteiger partial charge in [-0.2, -0.15) is 13.2 Å². The number of thiophene rings is 1. The summed E-state index contributed by atoms with van der Waals surface area (Å²) in [7, 11) is -2.84. The number of halogens is 5. The van der Waals surface area contributed by atoms with E-state index in [-0.39, 0.29) is 19.6 Å². The predicted molar refractivity (Wildman–Crippen MR) is 128 cm³/mol. The van der Waals surface area contributed by atoms with Crippen LogP contribution in [-0.4, -0.2) is 36.0 Å². The minimum absolute atomic E-state index is 0.0785. The summed E-state index contributed by atoms with van der Waals surface area (Å²) in [4.78, 5) is 32.9. The number of fused-ring (bicyclic) bond motifs is 1. The third kappa shape index (κ3) is 5.35. The SMILES string of the molecule is CNc1ccc2c(=O)n(-c3c(F)cc(NC(=O)NS(=O)(=O)c4ccc(Cl)s4)cc3C(F)(F)F)cnc2n1. The smallest absolute Gasteiger partial charge is 0.373 e. The fourth-order valence-electron chi connectivity index (χ4n) is 3.21. The van der Waals surface area contributed by atoms with Crippen LogP contribution >= 0.6 is 22.9 Å². The van der Waals surface area contributed by atoms with Crippen molar-refractivity contribution in [1.29, 1.82) is 0 Å². The Morgan fingerprint density at radius 1 is 1.16 bits per heavy atom. The van der Waals surface area contributed by atoms with E-state index in [9.17, 15) is 31.2 Å². The van der Waals surface area contributed by atoms with Crippen molar-refractivity contribution in [3.8, 4) is 5.69 Å². The van der Waals surface area contributed by atoms with Crippen LogP contribution in [0.2, 0.25) is 4.34 Å². The molecular weight excluding hydrogens is 564 g/mol. The second-order valence-corrected chi connectivity index (χ2v) is 10.8. The van der Waals surface area contributed by atoms with Gasteiger partial charge < -0.3 is 10.6 Å². The van der Waals surface area contributed by atoms with Gasteiger partial charge in [0, 0.05) is 12.7 Å². The van der Waals surface area contributed by atoms with Crippen LogP contribution in [0.25, 0.3) is 16.7 Å². The molecule has 0 aliphatic rings. The maximum Gasteiger partial charge on any atom is 0.418 e. The van der Waals surface area contributed by atoms with Gasteiger partial charge in [-0.05, 0) is 36.4 Å². The first kappa shape index (κ1) is 26.3. The van der Waals surface area contributed by atoms with Crippen LogP contribution < -0.4 is 20.9 Å². The highest BCUT2D eigenvalue weighted by molar-refractivity contribution is 7.92. The van der Waals surface area contributed by atoms with E-state index in [0.717, 1.165) is 6.07 Å². The zero-order valence-electron chi connectivity index (χ0n) is 18.2. The zero-order valence-corrected chi connectivity index (χ0v) is 20.6. The lowest BCUT2D eigenvalue weighted by molar-refractivity contribution is -0.137. The van der Waals surface area contributed by atoms with E-state index in [1.54, 1.807) is 11.8 Å². The Balaban J connectivity index is 1.73. The molecule has 0 atom stereocenters. The Morgan fingerprint density at radius 2 is 1.89 bits per heavy atom. The summed E-state index contributed by atoms with van der Waals surface area (Å²) >= 11 is 6.31. The number of benzene rings is 1. The number of hydrogen-bond donors (Lipinski definition) is 3. The van der Waals surface area contributed by atoms with E-state index in [1.807, 2.05) is 5.32 Å². The summed E-state index contributed by atoms with van der Waals surface area (Å²) in [6, 6.07) is 4.43. The molecule has 0 unspecified atom stereocenters. The minimum Gasteiger partial charge on any atom is -0.373 e. The normalized spacial score (nSPS) is 11.9. The van der Waals surface area contributed by atoms with E-state index in [2.05, 4.69) is 15.3 Å². The summed E-state index contributed by atoms with van der Waals surface area (Å²) in [6.07, 6.45) is -4.49. The van der Waals surface area contributed by atoms with Gasteiger partial charge >= 0.3 is 12.2 Å². The quantitative estimate of drug-likeness (QED) is 0.303. The van der Waals surface area contributed by atoms with Gasteiger partial charge in [0.15, 0.2) is 5.65 Å². The molecule has 0 radical (unpaired) electrons. The third-order valence-electron chi connectivity index (χ3n) is 4.78. The standard InChI is InChI=1S/C20H13ClF4N6O4S2/c1-26-14-4-2-10-17(29-14)27-8-31(18(10)32)16-11(20(23,24)25)6-9(7-12(16)22)28-19(33)30-37(34,35)15-5-3-13(21)36-15/h2-8H,1H3,(H,26,29)(H2,28,30,33). The second-order valence-electron chi connectivity index (χ2n) is 7.21. The molecule has 4 rings (SSSR count). The van der Waals surface area contributed by atoms with Crippen molar-refractivity contribution in [1.82, 2.24) is 19.3 Å². The molecule has 10 nitrogen and oxygen atoms in total. The molecule has 0 saturated heterocycles. The fourth-order valence-corrected chi connectivity index (χ4v) is 5.60. The van der Waals surface area contributed by atoms with Gasteiger partial charge in [-0.15, -0.1) is 11.3 Å². The van der Waals surface area contributed by atoms with Crippen molar-refractivity contribution < 1.29 is 30.8 Å². The maximum atomic E-state index is 15.1. The zero-order chi connectivity index (χ0) is 27.1. The Kier molecular flexibility index (Phi) is 6.83. The first-order valence-corrected chi connectivity index (χ1v) is 12.5. The summed E-state index contributed by atoms with van der Waals surface area (Å²) in [5, 5.41) is 4.39. The summed E-state index contributed by atoms with van der Waals surface area (Å²) in [6.45, 7) is 0. The molecule has 4 aromatic rings. The van der Waals surface area contributed by atoms with Gasteiger partial charge in [0.05, 0.1) is 21.0 Å².